The quantitative estimate of drug-likeness (QED) is 0.626. The molecule has 0 aliphatic carbocycles. The first kappa shape index (κ1) is 17.9. The molecular formula is C19H24N6OS. The molecule has 1 saturated heterocycles. The molecule has 3 aromatic heterocycles. The predicted molar refractivity (Wildman–Crippen MR) is 104 cm³/mol. The van der Waals surface area contributed by atoms with Crippen LogP contribution in [0.5, 0.6) is 0 Å². The van der Waals surface area contributed by atoms with Gasteiger partial charge >= 0.3 is 0 Å². The Morgan fingerprint density at radius 1 is 1.33 bits per heavy atom. The molecule has 27 heavy (non-hydrogen) atoms. The molecule has 1 aliphatic rings. The van der Waals surface area contributed by atoms with Gasteiger partial charge in [-0.05, 0) is 44.0 Å². The molecule has 2 N–H and O–H groups in total. The number of thiophene rings is 1. The molecule has 0 bridgehead atoms. The van der Waals surface area contributed by atoms with Crippen molar-refractivity contribution in [3.8, 4) is 0 Å². The Hall–Kier alpha value is -2.45. The van der Waals surface area contributed by atoms with E-state index in [0.29, 0.717) is 12.6 Å². The first-order valence-corrected chi connectivity index (χ1v) is 10.2. The number of rotatable bonds is 8. The van der Waals surface area contributed by atoms with Gasteiger partial charge in [-0.2, -0.15) is 5.10 Å². The Labute approximate surface area is 162 Å². The van der Waals surface area contributed by atoms with E-state index in [4.69, 9.17) is 0 Å². The minimum atomic E-state index is -0.0362. The average molecular weight is 385 g/mol. The van der Waals surface area contributed by atoms with Gasteiger partial charge in [-0.3, -0.25) is 14.4 Å². The first-order valence-electron chi connectivity index (χ1n) is 9.37. The summed E-state index contributed by atoms with van der Waals surface area (Å²) in [5.74, 6) is 0.727. The summed E-state index contributed by atoms with van der Waals surface area (Å²) in [4.78, 5) is 24.1. The van der Waals surface area contributed by atoms with E-state index in [1.807, 2.05) is 29.2 Å². The molecule has 0 spiro atoms. The zero-order valence-electron chi connectivity index (χ0n) is 15.2. The third-order valence-corrected chi connectivity index (χ3v) is 6.09. The Bertz CT molecular complexity index is 842. The van der Waals surface area contributed by atoms with Gasteiger partial charge in [0.15, 0.2) is 0 Å². The maximum atomic E-state index is 12.4. The number of imidazole rings is 1. The van der Waals surface area contributed by atoms with Gasteiger partial charge < -0.3 is 10.3 Å². The fourth-order valence-corrected chi connectivity index (χ4v) is 4.68. The van der Waals surface area contributed by atoms with Crippen molar-refractivity contribution >= 4 is 17.2 Å². The lowest BCUT2D eigenvalue weighted by molar-refractivity contribution is 0.0954. The smallest absolute Gasteiger partial charge is 0.261 e. The number of carbonyl (C=O) groups is 1. The lowest BCUT2D eigenvalue weighted by Gasteiger charge is -2.23. The van der Waals surface area contributed by atoms with Crippen LogP contribution in [0.1, 0.15) is 45.7 Å². The summed E-state index contributed by atoms with van der Waals surface area (Å²) in [6, 6.07) is 6.45. The number of H-pyrrole nitrogens is 1. The van der Waals surface area contributed by atoms with E-state index in [1.165, 1.54) is 11.3 Å². The molecule has 1 unspecified atom stereocenters. The van der Waals surface area contributed by atoms with E-state index in [1.54, 1.807) is 23.7 Å². The normalized spacial score (nSPS) is 17.4. The molecule has 3 aromatic rings. The van der Waals surface area contributed by atoms with Crippen molar-refractivity contribution in [2.75, 3.05) is 13.1 Å². The second-order valence-electron chi connectivity index (χ2n) is 6.74. The first-order chi connectivity index (χ1) is 13.3. The molecule has 4 rings (SSSR count). The second kappa shape index (κ2) is 8.49. The average Bonchev–Trinajstić information content (AvgIpc) is 3.48. The number of hydrogen-bond acceptors (Lipinski definition) is 5. The van der Waals surface area contributed by atoms with Gasteiger partial charge in [0.05, 0.1) is 11.4 Å². The Balaban J connectivity index is 1.31. The molecule has 4 heterocycles. The van der Waals surface area contributed by atoms with Crippen LogP contribution >= 0.6 is 11.3 Å². The van der Waals surface area contributed by atoms with Crippen molar-refractivity contribution in [3.05, 3.63) is 58.6 Å². The van der Waals surface area contributed by atoms with Crippen molar-refractivity contribution in [3.63, 3.8) is 0 Å². The summed E-state index contributed by atoms with van der Waals surface area (Å²) in [6.07, 6.45) is 10.7. The highest BCUT2D eigenvalue weighted by atomic mass is 32.1. The third kappa shape index (κ3) is 4.45. The van der Waals surface area contributed by atoms with Crippen LogP contribution in [0.4, 0.5) is 0 Å². The number of aromatic amines is 1. The summed E-state index contributed by atoms with van der Waals surface area (Å²) in [5.41, 5.74) is 0. The zero-order valence-corrected chi connectivity index (χ0v) is 16.0. The van der Waals surface area contributed by atoms with Gasteiger partial charge in [0.1, 0.15) is 5.82 Å². The summed E-state index contributed by atoms with van der Waals surface area (Å²) < 4.78 is 1.98. The summed E-state index contributed by atoms with van der Waals surface area (Å²) in [6.45, 7) is 3.55. The van der Waals surface area contributed by atoms with Gasteiger partial charge in [-0.1, -0.05) is 0 Å². The van der Waals surface area contributed by atoms with Crippen LogP contribution in [0, 0.1) is 0 Å². The number of carbonyl (C=O) groups excluding carboxylic acids is 1. The third-order valence-electron chi connectivity index (χ3n) is 4.91. The molecule has 1 fully saturated rings. The fourth-order valence-electron chi connectivity index (χ4n) is 3.58. The van der Waals surface area contributed by atoms with E-state index in [-0.39, 0.29) is 5.91 Å². The maximum Gasteiger partial charge on any atom is 0.261 e. The van der Waals surface area contributed by atoms with Crippen molar-refractivity contribution < 1.29 is 4.79 Å². The summed E-state index contributed by atoms with van der Waals surface area (Å²) >= 11 is 1.61. The van der Waals surface area contributed by atoms with Crippen molar-refractivity contribution in [1.29, 1.82) is 0 Å². The highest BCUT2D eigenvalue weighted by molar-refractivity contribution is 7.14. The van der Waals surface area contributed by atoms with Gasteiger partial charge in [-0.15, -0.1) is 11.3 Å². The molecule has 0 radical (unpaired) electrons. The van der Waals surface area contributed by atoms with Crippen LogP contribution in [-0.4, -0.2) is 43.6 Å². The van der Waals surface area contributed by atoms with Crippen molar-refractivity contribution in [2.45, 2.75) is 38.4 Å². The highest BCUT2D eigenvalue weighted by Gasteiger charge is 2.27. The number of nitrogens with zero attached hydrogens (tertiary/aromatic N) is 4. The van der Waals surface area contributed by atoms with Crippen LogP contribution in [0.3, 0.4) is 0 Å². The Morgan fingerprint density at radius 2 is 2.30 bits per heavy atom. The molecular weight excluding hydrogens is 360 g/mol. The molecule has 1 aliphatic heterocycles. The largest absolute Gasteiger partial charge is 0.347 e. The van der Waals surface area contributed by atoms with E-state index < -0.39 is 0 Å². The topological polar surface area (TPSA) is 78.8 Å². The predicted octanol–water partition coefficient (Wildman–Crippen LogP) is 2.82. The van der Waals surface area contributed by atoms with Gasteiger partial charge in [0.25, 0.3) is 5.91 Å². The number of aryl methyl sites for hydroxylation is 1. The molecule has 142 valence electrons. The van der Waals surface area contributed by atoms with E-state index in [2.05, 4.69) is 31.3 Å². The molecule has 8 heteroatoms. The number of hydrogen-bond donors (Lipinski definition) is 2. The zero-order chi connectivity index (χ0) is 18.5. The Morgan fingerprint density at radius 3 is 3.11 bits per heavy atom. The van der Waals surface area contributed by atoms with Crippen molar-refractivity contribution in [1.82, 2.24) is 30.0 Å². The minimum Gasteiger partial charge on any atom is -0.347 e. The van der Waals surface area contributed by atoms with Crippen molar-refractivity contribution in [2.24, 2.45) is 0 Å². The standard InChI is InChI=1S/C19H24N6OS/c26-19(22-14-18-20-8-9-21-18)17-6-5-16(27-17)15-4-1-10-24(15)11-3-13-25-12-2-7-23-25/h2,5-9,12,15H,1,3-4,10-11,13-14H2,(H,20,21)(H,22,26). The van der Waals surface area contributed by atoms with Crippen LogP contribution in [-0.2, 0) is 13.1 Å². The minimum absolute atomic E-state index is 0.0362. The number of nitrogens with one attached hydrogen (secondary N) is 2. The molecule has 7 nitrogen and oxygen atoms in total. The van der Waals surface area contributed by atoms with Crippen LogP contribution in [0.15, 0.2) is 43.0 Å². The number of likely N-dealkylation sites (tertiary alicyclic amines) is 1. The van der Waals surface area contributed by atoms with Gasteiger partial charge in [-0.25, -0.2) is 4.98 Å². The van der Waals surface area contributed by atoms with Gasteiger partial charge in [0, 0.05) is 48.8 Å². The lowest BCUT2D eigenvalue weighted by Crippen LogP contribution is -2.25. The van der Waals surface area contributed by atoms with Crippen LogP contribution in [0.25, 0.3) is 0 Å². The van der Waals surface area contributed by atoms with E-state index in [0.717, 1.165) is 43.2 Å². The van der Waals surface area contributed by atoms with Crippen LogP contribution in [0.2, 0.25) is 0 Å². The molecule has 0 aromatic carbocycles. The monoisotopic (exact) mass is 384 g/mol. The van der Waals surface area contributed by atoms with E-state index in [9.17, 15) is 4.79 Å². The molecule has 1 atom stereocenters. The fraction of sp³-hybridized carbons (Fsp3) is 0.421. The highest BCUT2D eigenvalue weighted by Crippen LogP contribution is 2.35. The summed E-state index contributed by atoms with van der Waals surface area (Å²) in [7, 11) is 0. The summed E-state index contributed by atoms with van der Waals surface area (Å²) in [5, 5.41) is 7.19. The lowest BCUT2D eigenvalue weighted by atomic mass is 10.2. The van der Waals surface area contributed by atoms with Crippen LogP contribution < -0.4 is 5.32 Å². The maximum absolute atomic E-state index is 12.4. The van der Waals surface area contributed by atoms with E-state index >= 15 is 0 Å². The number of amides is 1. The second-order valence-corrected chi connectivity index (χ2v) is 7.85. The SMILES string of the molecule is O=C(NCc1ncc[nH]1)c1ccc(C2CCCN2CCCn2cccn2)s1. The molecule has 0 saturated carbocycles. The number of aromatic nitrogens is 4. The van der Waals surface area contributed by atoms with Gasteiger partial charge in [0.2, 0.25) is 0 Å². The molecule has 1 amide bonds. The Kier molecular flexibility index (Phi) is 5.64.